The molecule has 1 N–H and O–H groups in total. The lowest BCUT2D eigenvalue weighted by Gasteiger charge is -2.16. The smallest absolute Gasteiger partial charge is 0.175 e. The molecule has 3 rings (SSSR count). The van der Waals surface area contributed by atoms with E-state index in [1.54, 1.807) is 0 Å². The highest BCUT2D eigenvalue weighted by molar-refractivity contribution is 9.10. The largest absolute Gasteiger partial charge is 0.490 e. The number of hydrogen-bond donors (Lipinski definition) is 1. The molecule has 0 amide bonds. The molecule has 0 aliphatic heterocycles. The molecule has 0 radical (unpaired) electrons. The van der Waals surface area contributed by atoms with Crippen LogP contribution in [-0.2, 0) is 19.6 Å². The summed E-state index contributed by atoms with van der Waals surface area (Å²) in [6.45, 7) is 6.89. The first kappa shape index (κ1) is 21.4. The predicted molar refractivity (Wildman–Crippen MR) is 123 cm³/mol. The van der Waals surface area contributed by atoms with Crippen molar-refractivity contribution in [2.45, 2.75) is 33.4 Å². The van der Waals surface area contributed by atoms with Crippen LogP contribution in [-0.4, -0.2) is 13.2 Å². The van der Waals surface area contributed by atoms with Gasteiger partial charge in [-0.15, -0.1) is 0 Å². The number of hydrogen-bond acceptors (Lipinski definition) is 3. The van der Waals surface area contributed by atoms with Crippen LogP contribution < -0.4 is 14.8 Å². The third-order valence-electron chi connectivity index (χ3n) is 4.64. The second-order valence-corrected chi connectivity index (χ2v) is 7.88. The molecule has 0 aliphatic rings. The Bertz CT molecular complexity index is 895. The molecule has 0 heterocycles. The van der Waals surface area contributed by atoms with Crippen LogP contribution in [0.3, 0.4) is 0 Å². The number of halogens is 1. The standard InChI is InChI=1S/C25H28BrNO2/c1-3-28-24-16-22(17-27-14-13-20-7-5-4-6-8-20)15-23(26)25(24)29-18-21-11-9-19(2)10-12-21/h4-12,15-16,27H,3,13-14,17-18H2,1-2H3. The summed E-state index contributed by atoms with van der Waals surface area (Å²) in [5.74, 6) is 1.52. The maximum absolute atomic E-state index is 6.09. The van der Waals surface area contributed by atoms with E-state index in [-0.39, 0.29) is 0 Å². The minimum absolute atomic E-state index is 0.508. The molecule has 3 aromatic rings. The minimum atomic E-state index is 0.508. The third kappa shape index (κ3) is 6.62. The van der Waals surface area contributed by atoms with Crippen molar-refractivity contribution in [2.24, 2.45) is 0 Å². The van der Waals surface area contributed by atoms with E-state index in [9.17, 15) is 0 Å². The predicted octanol–water partition coefficient (Wildman–Crippen LogP) is 6.07. The van der Waals surface area contributed by atoms with Gasteiger partial charge in [0.2, 0.25) is 0 Å². The number of benzene rings is 3. The van der Waals surface area contributed by atoms with Crippen LogP contribution >= 0.6 is 15.9 Å². The quantitative estimate of drug-likeness (QED) is 0.378. The Kier molecular flexibility index (Phi) is 8.14. The second-order valence-electron chi connectivity index (χ2n) is 7.02. The van der Waals surface area contributed by atoms with Gasteiger partial charge in [-0.25, -0.2) is 0 Å². The molecule has 0 saturated heterocycles. The molecular formula is C25H28BrNO2. The first-order chi connectivity index (χ1) is 14.2. The molecular weight excluding hydrogens is 426 g/mol. The van der Waals surface area contributed by atoms with Gasteiger partial charge in [0, 0.05) is 6.54 Å². The van der Waals surface area contributed by atoms with E-state index >= 15 is 0 Å². The average molecular weight is 454 g/mol. The SMILES string of the molecule is CCOc1cc(CNCCc2ccccc2)cc(Br)c1OCc1ccc(C)cc1. The van der Waals surface area contributed by atoms with Crippen LogP contribution in [0.2, 0.25) is 0 Å². The Hall–Kier alpha value is -2.30. The van der Waals surface area contributed by atoms with Crippen LogP contribution in [0.5, 0.6) is 11.5 Å². The number of rotatable bonds is 10. The molecule has 0 bridgehead atoms. The molecule has 0 spiro atoms. The highest BCUT2D eigenvalue weighted by atomic mass is 79.9. The van der Waals surface area contributed by atoms with Gasteiger partial charge in [0.15, 0.2) is 11.5 Å². The topological polar surface area (TPSA) is 30.5 Å². The Balaban J connectivity index is 1.61. The van der Waals surface area contributed by atoms with Crippen molar-refractivity contribution in [3.8, 4) is 11.5 Å². The summed E-state index contributed by atoms with van der Waals surface area (Å²) in [6.07, 6.45) is 1.01. The Morgan fingerprint density at radius 3 is 2.34 bits per heavy atom. The van der Waals surface area contributed by atoms with Gasteiger partial charge >= 0.3 is 0 Å². The summed E-state index contributed by atoms with van der Waals surface area (Å²) < 4.78 is 12.9. The summed E-state index contributed by atoms with van der Waals surface area (Å²) in [4.78, 5) is 0. The molecule has 0 fully saturated rings. The van der Waals surface area contributed by atoms with Crippen molar-refractivity contribution >= 4 is 15.9 Å². The zero-order valence-corrected chi connectivity index (χ0v) is 18.7. The van der Waals surface area contributed by atoms with Crippen molar-refractivity contribution in [3.05, 3.63) is 93.5 Å². The molecule has 29 heavy (non-hydrogen) atoms. The van der Waals surface area contributed by atoms with Crippen LogP contribution in [0.15, 0.2) is 71.2 Å². The Morgan fingerprint density at radius 2 is 1.62 bits per heavy atom. The van der Waals surface area contributed by atoms with Crippen molar-refractivity contribution in [3.63, 3.8) is 0 Å². The van der Waals surface area contributed by atoms with Gasteiger partial charge in [-0.2, -0.15) is 0 Å². The van der Waals surface area contributed by atoms with Crippen LogP contribution in [0.1, 0.15) is 29.2 Å². The van der Waals surface area contributed by atoms with Crippen molar-refractivity contribution in [1.29, 1.82) is 0 Å². The number of nitrogens with one attached hydrogen (secondary N) is 1. The fourth-order valence-corrected chi connectivity index (χ4v) is 3.68. The summed E-state index contributed by atoms with van der Waals surface area (Å²) >= 11 is 3.67. The highest BCUT2D eigenvalue weighted by Gasteiger charge is 2.12. The monoisotopic (exact) mass is 453 g/mol. The molecule has 0 aromatic heterocycles. The van der Waals surface area contributed by atoms with Gasteiger partial charge in [-0.3, -0.25) is 0 Å². The summed E-state index contributed by atoms with van der Waals surface area (Å²) in [7, 11) is 0. The van der Waals surface area contributed by atoms with Crippen LogP contribution in [0.25, 0.3) is 0 Å². The van der Waals surface area contributed by atoms with E-state index in [4.69, 9.17) is 9.47 Å². The lowest BCUT2D eigenvalue weighted by atomic mass is 10.1. The summed E-state index contributed by atoms with van der Waals surface area (Å²) in [6, 6.07) is 23.1. The maximum Gasteiger partial charge on any atom is 0.175 e. The summed E-state index contributed by atoms with van der Waals surface area (Å²) in [5.41, 5.74) is 4.89. The van der Waals surface area contributed by atoms with E-state index in [0.717, 1.165) is 46.6 Å². The van der Waals surface area contributed by atoms with Gasteiger partial charge < -0.3 is 14.8 Å². The first-order valence-corrected chi connectivity index (χ1v) is 10.8. The van der Waals surface area contributed by atoms with Crippen molar-refractivity contribution in [2.75, 3.05) is 13.2 Å². The lowest BCUT2D eigenvalue weighted by molar-refractivity contribution is 0.267. The zero-order valence-electron chi connectivity index (χ0n) is 17.1. The lowest BCUT2D eigenvalue weighted by Crippen LogP contribution is -2.16. The number of aryl methyl sites for hydroxylation is 1. The zero-order chi connectivity index (χ0) is 20.5. The molecule has 3 aromatic carbocycles. The van der Waals surface area contributed by atoms with Crippen LogP contribution in [0.4, 0.5) is 0 Å². The normalized spacial score (nSPS) is 10.7. The Morgan fingerprint density at radius 1 is 0.862 bits per heavy atom. The van der Waals surface area contributed by atoms with Crippen LogP contribution in [0, 0.1) is 6.92 Å². The third-order valence-corrected chi connectivity index (χ3v) is 5.22. The molecule has 0 unspecified atom stereocenters. The maximum atomic E-state index is 6.09. The fourth-order valence-electron chi connectivity index (χ4n) is 3.08. The number of ether oxygens (including phenoxy) is 2. The van der Waals surface area contributed by atoms with Gasteiger partial charge in [0.1, 0.15) is 6.61 Å². The van der Waals surface area contributed by atoms with E-state index in [1.165, 1.54) is 11.1 Å². The highest BCUT2D eigenvalue weighted by Crippen LogP contribution is 2.37. The van der Waals surface area contributed by atoms with Gasteiger partial charge in [0.05, 0.1) is 11.1 Å². The van der Waals surface area contributed by atoms with Crippen molar-refractivity contribution < 1.29 is 9.47 Å². The van der Waals surface area contributed by atoms with E-state index in [1.807, 2.05) is 13.0 Å². The average Bonchev–Trinajstić information content (AvgIpc) is 2.73. The van der Waals surface area contributed by atoms with E-state index in [0.29, 0.717) is 13.2 Å². The molecule has 0 saturated carbocycles. The minimum Gasteiger partial charge on any atom is -0.490 e. The van der Waals surface area contributed by atoms with Gasteiger partial charge in [-0.1, -0.05) is 60.2 Å². The van der Waals surface area contributed by atoms with E-state index < -0.39 is 0 Å². The fraction of sp³-hybridized carbons (Fsp3) is 0.280. The molecule has 4 heteroatoms. The van der Waals surface area contributed by atoms with E-state index in [2.05, 4.69) is 88.8 Å². The van der Waals surface area contributed by atoms with Crippen molar-refractivity contribution in [1.82, 2.24) is 5.32 Å². The Labute approximate surface area is 182 Å². The molecule has 152 valence electrons. The molecule has 0 atom stereocenters. The second kappa shape index (κ2) is 11.0. The first-order valence-electron chi connectivity index (χ1n) is 10.0. The van der Waals surface area contributed by atoms with Gasteiger partial charge in [0.25, 0.3) is 0 Å². The van der Waals surface area contributed by atoms with Gasteiger partial charge in [-0.05, 0) is 71.6 Å². The molecule has 0 aliphatic carbocycles. The molecule has 3 nitrogen and oxygen atoms in total. The summed E-state index contributed by atoms with van der Waals surface area (Å²) in [5, 5.41) is 3.51.